The zero-order valence-corrected chi connectivity index (χ0v) is 23.2. The van der Waals surface area contributed by atoms with Crippen LogP contribution in [0.3, 0.4) is 0 Å². The van der Waals surface area contributed by atoms with Crippen molar-refractivity contribution in [3.05, 3.63) is 80.9 Å². The van der Waals surface area contributed by atoms with Crippen LogP contribution >= 0.6 is 0 Å². The molecule has 2 heterocycles. The summed E-state index contributed by atoms with van der Waals surface area (Å²) in [5, 5.41) is 21.8. The summed E-state index contributed by atoms with van der Waals surface area (Å²) < 4.78 is 60.9. The van der Waals surface area contributed by atoms with Gasteiger partial charge in [0.25, 0.3) is 35.0 Å². The Morgan fingerprint density at radius 2 is 0.818 bits per heavy atom. The maximum Gasteiger partial charge on any atom is 0.318 e. The standard InChI is InChI=1S/C24H16N4O14S2/c29-21-17-15-9-10-16(18(17)22(30)25(21)41-43(37,38)13-5-1-11(2-6-13)27(33)34)20-19(15)23(31)26(24(20)32)42-44(39,40)14-7-3-12(4-8-14)28(35)36/h1-10,15-20H. The van der Waals surface area contributed by atoms with Crippen LogP contribution in [-0.4, -0.2) is 60.4 Å². The van der Waals surface area contributed by atoms with Crippen molar-refractivity contribution in [1.29, 1.82) is 0 Å². The number of carbonyl (C=O) groups is 4. The molecule has 0 radical (unpaired) electrons. The summed E-state index contributed by atoms with van der Waals surface area (Å²) in [5.41, 5.74) is -0.851. The summed E-state index contributed by atoms with van der Waals surface area (Å²) in [4.78, 5) is 72.4. The van der Waals surface area contributed by atoms with Crippen molar-refractivity contribution in [2.75, 3.05) is 0 Å². The molecule has 0 aromatic heterocycles. The van der Waals surface area contributed by atoms with E-state index in [4.69, 9.17) is 8.57 Å². The van der Waals surface area contributed by atoms with E-state index >= 15 is 0 Å². The predicted octanol–water partition coefficient (Wildman–Crippen LogP) is 0.462. The van der Waals surface area contributed by atoms with Crippen LogP contribution in [0.2, 0.25) is 0 Å². The third kappa shape index (κ3) is 4.29. The van der Waals surface area contributed by atoms with Crippen molar-refractivity contribution in [3.8, 4) is 0 Å². The minimum absolute atomic E-state index is 0.0302. The lowest BCUT2D eigenvalue weighted by Gasteiger charge is -2.44. The zero-order chi connectivity index (χ0) is 31.9. The Balaban J connectivity index is 1.24. The van der Waals surface area contributed by atoms with E-state index in [-0.39, 0.29) is 10.1 Å². The molecular weight excluding hydrogens is 632 g/mol. The number of hydroxylamine groups is 4. The van der Waals surface area contributed by atoms with Crippen LogP contribution in [0.5, 0.6) is 0 Å². The summed E-state index contributed by atoms with van der Waals surface area (Å²) in [7, 11) is -9.67. The van der Waals surface area contributed by atoms with Gasteiger partial charge in [0.15, 0.2) is 0 Å². The second-order valence-corrected chi connectivity index (χ2v) is 13.2. The maximum absolute atomic E-state index is 13.3. The minimum Gasteiger partial charge on any atom is -0.272 e. The van der Waals surface area contributed by atoms with Gasteiger partial charge in [-0.05, 0) is 24.3 Å². The largest absolute Gasteiger partial charge is 0.318 e. The third-order valence-corrected chi connectivity index (χ3v) is 10.3. The Bertz CT molecular complexity index is 1740. The average Bonchev–Trinajstić information content (AvgIpc) is 3.39. The Labute approximate surface area is 245 Å². The van der Waals surface area contributed by atoms with Crippen LogP contribution < -0.4 is 0 Å². The van der Waals surface area contributed by atoms with E-state index in [0.717, 1.165) is 48.5 Å². The highest BCUT2D eigenvalue weighted by Gasteiger charge is 2.70. The van der Waals surface area contributed by atoms with Crippen molar-refractivity contribution in [3.63, 3.8) is 0 Å². The smallest absolute Gasteiger partial charge is 0.272 e. The molecule has 0 spiro atoms. The summed E-state index contributed by atoms with van der Waals surface area (Å²) in [6, 6.07) is 6.89. The molecule has 44 heavy (non-hydrogen) atoms. The highest BCUT2D eigenvalue weighted by atomic mass is 32.2. The lowest BCUT2D eigenvalue weighted by Crippen LogP contribution is -2.50. The van der Waals surface area contributed by atoms with E-state index in [9.17, 15) is 56.2 Å². The Hall–Kier alpha value is -4.92. The second-order valence-electron chi connectivity index (χ2n) is 10.1. The van der Waals surface area contributed by atoms with Gasteiger partial charge in [0, 0.05) is 36.1 Å². The van der Waals surface area contributed by atoms with E-state index in [1.807, 2.05) is 0 Å². The molecule has 0 N–H and O–H groups in total. The van der Waals surface area contributed by atoms with Crippen LogP contribution in [-0.2, 0) is 48.0 Å². The number of nitro benzene ring substituents is 2. The Kier molecular flexibility index (Phi) is 6.50. The van der Waals surface area contributed by atoms with Gasteiger partial charge in [-0.2, -0.15) is 16.8 Å². The first-order chi connectivity index (χ1) is 20.6. The lowest BCUT2D eigenvalue weighted by molar-refractivity contribution is -0.385. The highest BCUT2D eigenvalue weighted by Crippen LogP contribution is 2.58. The van der Waals surface area contributed by atoms with Gasteiger partial charge in [-0.3, -0.25) is 39.4 Å². The number of rotatable bonds is 8. The van der Waals surface area contributed by atoms with Gasteiger partial charge in [-0.15, -0.1) is 18.7 Å². The molecule has 7 rings (SSSR count). The van der Waals surface area contributed by atoms with Crippen LogP contribution in [0.25, 0.3) is 0 Å². The third-order valence-electron chi connectivity index (χ3n) is 7.95. The second kappa shape index (κ2) is 9.80. The molecule has 2 saturated heterocycles. The van der Waals surface area contributed by atoms with Crippen molar-refractivity contribution in [1.82, 2.24) is 10.1 Å². The van der Waals surface area contributed by atoms with E-state index < -0.39 is 110 Å². The summed E-state index contributed by atoms with van der Waals surface area (Å²) in [5.74, 6) is -12.1. The highest BCUT2D eigenvalue weighted by molar-refractivity contribution is 7.87. The van der Waals surface area contributed by atoms with Crippen LogP contribution in [0.15, 0.2) is 70.5 Å². The Morgan fingerprint density at radius 3 is 1.07 bits per heavy atom. The monoisotopic (exact) mass is 648 g/mol. The number of allylic oxidation sites excluding steroid dienone is 2. The average molecular weight is 649 g/mol. The van der Waals surface area contributed by atoms with Crippen molar-refractivity contribution < 1.29 is 54.4 Å². The van der Waals surface area contributed by atoms with Gasteiger partial charge >= 0.3 is 20.2 Å². The first-order valence-corrected chi connectivity index (χ1v) is 15.3. The van der Waals surface area contributed by atoms with E-state index in [0.29, 0.717) is 0 Å². The fraction of sp³-hybridized carbons (Fsp3) is 0.250. The van der Waals surface area contributed by atoms with Crippen LogP contribution in [0.1, 0.15) is 0 Å². The number of benzene rings is 2. The van der Waals surface area contributed by atoms with Crippen LogP contribution in [0.4, 0.5) is 11.4 Å². The van der Waals surface area contributed by atoms with Gasteiger partial charge in [0.1, 0.15) is 0 Å². The molecule has 228 valence electrons. The van der Waals surface area contributed by atoms with Crippen molar-refractivity contribution >= 4 is 55.2 Å². The van der Waals surface area contributed by atoms with Crippen molar-refractivity contribution in [2.24, 2.45) is 35.5 Å². The molecule has 2 aliphatic heterocycles. The van der Waals surface area contributed by atoms with Crippen LogP contribution in [0, 0.1) is 55.7 Å². The number of carbonyl (C=O) groups excluding carboxylic acids is 4. The van der Waals surface area contributed by atoms with Gasteiger partial charge in [0.2, 0.25) is 0 Å². The molecule has 1 saturated carbocycles. The molecule has 4 atom stereocenters. The fourth-order valence-corrected chi connectivity index (χ4v) is 7.87. The van der Waals surface area contributed by atoms with Gasteiger partial charge in [-0.25, -0.2) is 0 Å². The molecule has 18 nitrogen and oxygen atoms in total. The minimum atomic E-state index is -4.84. The molecule has 5 aliphatic rings. The number of nitrogens with zero attached hydrogens (tertiary/aromatic N) is 4. The number of non-ortho nitro benzene ring substituents is 2. The van der Waals surface area contributed by atoms with Gasteiger partial charge in [-0.1, -0.05) is 12.2 Å². The lowest BCUT2D eigenvalue weighted by atomic mass is 9.54. The fourth-order valence-electron chi connectivity index (χ4n) is 6.07. The molecule has 4 amide bonds. The van der Waals surface area contributed by atoms with E-state index in [2.05, 4.69) is 0 Å². The van der Waals surface area contributed by atoms with E-state index in [1.54, 1.807) is 0 Å². The number of nitro groups is 2. The molecule has 2 aromatic carbocycles. The normalized spacial score (nSPS) is 27.5. The quantitative estimate of drug-likeness (QED) is 0.163. The van der Waals surface area contributed by atoms with Gasteiger partial charge < -0.3 is 0 Å². The molecule has 20 heteroatoms. The molecule has 2 aromatic rings. The zero-order valence-electron chi connectivity index (χ0n) is 21.6. The first kappa shape index (κ1) is 29.2. The Morgan fingerprint density at radius 1 is 0.545 bits per heavy atom. The topological polar surface area (TPSA) is 248 Å². The molecule has 3 aliphatic carbocycles. The number of amides is 4. The SMILES string of the molecule is O=C1C2C3C=CC(C2C(=O)N1OS(=O)(=O)c1ccc([N+](=O)[O-])cc1)C1C(=O)N(OS(=O)(=O)c2ccc([N+](=O)[O-])cc2)C(=O)C31. The molecule has 4 unspecified atom stereocenters. The maximum atomic E-state index is 13.3. The van der Waals surface area contributed by atoms with Gasteiger partial charge in [0.05, 0.1) is 43.3 Å². The molecule has 2 bridgehead atoms. The number of hydrogen-bond acceptors (Lipinski definition) is 14. The molecular formula is C24H16N4O14S2. The number of hydrogen-bond donors (Lipinski definition) is 0. The first-order valence-electron chi connectivity index (χ1n) is 12.5. The summed E-state index contributed by atoms with van der Waals surface area (Å²) >= 11 is 0. The van der Waals surface area contributed by atoms with E-state index in [1.165, 1.54) is 12.2 Å². The molecule has 3 fully saturated rings. The number of imide groups is 2. The summed E-state index contributed by atoms with van der Waals surface area (Å²) in [6.45, 7) is 0. The predicted molar refractivity (Wildman–Crippen MR) is 137 cm³/mol. The summed E-state index contributed by atoms with van der Waals surface area (Å²) in [6.07, 6.45) is 2.82. The van der Waals surface area contributed by atoms with Crippen molar-refractivity contribution in [2.45, 2.75) is 9.79 Å².